The molecule has 5 rings (SSSR count). The van der Waals surface area contributed by atoms with E-state index in [1.165, 1.54) is 0 Å². The average molecular weight is 346 g/mol. The summed E-state index contributed by atoms with van der Waals surface area (Å²) < 4.78 is 38.2. The van der Waals surface area contributed by atoms with Gasteiger partial charge in [-0.2, -0.15) is 13.2 Å². The van der Waals surface area contributed by atoms with Crippen molar-refractivity contribution in [1.82, 2.24) is 10.2 Å². The van der Waals surface area contributed by atoms with Gasteiger partial charge in [-0.1, -0.05) is 0 Å². The molecule has 0 aromatic heterocycles. The topological polar surface area (TPSA) is 52.6 Å². The molecule has 2 N–H and O–H groups in total. The number of alkyl halides is 3. The van der Waals surface area contributed by atoms with E-state index in [1.54, 1.807) is 4.90 Å². The number of hydrogen-bond acceptors (Lipinski definition) is 3. The molecule has 1 saturated heterocycles. The van der Waals surface area contributed by atoms with E-state index in [-0.39, 0.29) is 31.5 Å². The van der Waals surface area contributed by atoms with Gasteiger partial charge < -0.3 is 10.4 Å². The monoisotopic (exact) mass is 346 g/mol. The highest BCUT2D eigenvalue weighted by molar-refractivity contribution is 5.78. The van der Waals surface area contributed by atoms with Crippen LogP contribution in [0.4, 0.5) is 13.2 Å². The minimum Gasteiger partial charge on any atom is -0.390 e. The zero-order valence-electron chi connectivity index (χ0n) is 13.7. The summed E-state index contributed by atoms with van der Waals surface area (Å²) in [5, 5.41) is 13.6. The lowest BCUT2D eigenvalue weighted by atomic mass is 9.52. The molecule has 4 saturated carbocycles. The number of rotatable bonds is 3. The van der Waals surface area contributed by atoms with Gasteiger partial charge in [0.25, 0.3) is 0 Å². The van der Waals surface area contributed by atoms with Gasteiger partial charge in [0.2, 0.25) is 5.91 Å². The maximum atomic E-state index is 12.7. The molecule has 4 bridgehead atoms. The van der Waals surface area contributed by atoms with Crippen LogP contribution in [0, 0.1) is 23.7 Å². The molecule has 2 unspecified atom stereocenters. The fourth-order valence-electron chi connectivity index (χ4n) is 5.90. The van der Waals surface area contributed by atoms with E-state index >= 15 is 0 Å². The smallest absolute Gasteiger partial charge is 0.390 e. The van der Waals surface area contributed by atoms with Crippen LogP contribution in [0.15, 0.2) is 0 Å². The molecule has 3 atom stereocenters. The molecule has 1 amide bonds. The van der Waals surface area contributed by atoms with Gasteiger partial charge in [0.1, 0.15) is 0 Å². The van der Waals surface area contributed by atoms with Gasteiger partial charge >= 0.3 is 6.18 Å². The normalized spacial score (nSPS) is 44.9. The molecular weight excluding hydrogens is 321 g/mol. The third-order valence-corrected chi connectivity index (χ3v) is 6.67. The molecule has 4 nitrogen and oxygen atoms in total. The Morgan fingerprint density at radius 2 is 1.88 bits per heavy atom. The van der Waals surface area contributed by atoms with Crippen LogP contribution in [-0.2, 0) is 4.79 Å². The Hall–Kier alpha value is -0.820. The van der Waals surface area contributed by atoms with E-state index in [0.717, 1.165) is 32.1 Å². The molecular formula is C17H25F3N2O2. The molecule has 0 aromatic carbocycles. The zero-order valence-corrected chi connectivity index (χ0v) is 13.7. The second-order valence-corrected chi connectivity index (χ2v) is 8.55. The lowest BCUT2D eigenvalue weighted by Crippen LogP contribution is -2.62. The summed E-state index contributed by atoms with van der Waals surface area (Å²) in [6, 6.07) is 0.0929. The second kappa shape index (κ2) is 5.59. The van der Waals surface area contributed by atoms with E-state index in [1.807, 2.05) is 0 Å². The summed E-state index contributed by atoms with van der Waals surface area (Å²) >= 11 is 0. The van der Waals surface area contributed by atoms with Crippen molar-refractivity contribution in [2.45, 2.75) is 56.3 Å². The number of nitrogens with one attached hydrogen (secondary N) is 1. The van der Waals surface area contributed by atoms with Crippen molar-refractivity contribution in [3.63, 3.8) is 0 Å². The summed E-state index contributed by atoms with van der Waals surface area (Å²) in [7, 11) is 0. The Bertz CT molecular complexity index is 508. The summed E-state index contributed by atoms with van der Waals surface area (Å²) in [5.41, 5.74) is -0.535. The number of carbonyl (C=O) groups excluding carboxylic acids is 1. The highest BCUT2D eigenvalue weighted by Crippen LogP contribution is 2.55. The van der Waals surface area contributed by atoms with Gasteiger partial charge in [-0.05, 0) is 62.8 Å². The number of likely N-dealkylation sites (tertiary alicyclic amines) is 1. The Morgan fingerprint density at radius 1 is 1.21 bits per heavy atom. The molecule has 1 aliphatic heterocycles. The minimum atomic E-state index is -4.16. The molecule has 136 valence electrons. The van der Waals surface area contributed by atoms with Crippen molar-refractivity contribution >= 4 is 5.91 Å². The van der Waals surface area contributed by atoms with Crippen molar-refractivity contribution in [3.8, 4) is 0 Å². The first-order valence-corrected chi connectivity index (χ1v) is 9.03. The standard InChI is InChI=1S/C17H25F3N2O2/c18-17(19,20)13-1-2-22(8-13)9-14(23)21-15-11-3-10-4-12(15)7-16(24,5-10)6-11/h10-13,15,24H,1-9H2,(H,21,23)/t10?,11?,12?,13-,15?,16?/m0/s1. The maximum Gasteiger partial charge on any atom is 0.393 e. The third kappa shape index (κ3) is 3.05. The summed E-state index contributed by atoms with van der Waals surface area (Å²) in [4.78, 5) is 13.9. The Labute approximate surface area is 139 Å². The molecule has 5 fully saturated rings. The largest absolute Gasteiger partial charge is 0.393 e. The fraction of sp³-hybridized carbons (Fsp3) is 0.941. The van der Waals surface area contributed by atoms with Crippen LogP contribution in [0.1, 0.15) is 38.5 Å². The summed E-state index contributed by atoms with van der Waals surface area (Å²) in [6.07, 6.45) is 0.443. The van der Waals surface area contributed by atoms with Crippen molar-refractivity contribution in [2.24, 2.45) is 23.7 Å². The van der Waals surface area contributed by atoms with Gasteiger partial charge in [-0.25, -0.2) is 0 Å². The SMILES string of the molecule is O=C(CN1CC[C@H](C(F)(F)F)C1)NC1C2CC3CC1CC(O)(C3)C2. The van der Waals surface area contributed by atoms with Crippen LogP contribution in [0.25, 0.3) is 0 Å². The second-order valence-electron chi connectivity index (χ2n) is 8.55. The fourth-order valence-corrected chi connectivity index (χ4v) is 5.90. The van der Waals surface area contributed by atoms with Crippen LogP contribution in [0.5, 0.6) is 0 Å². The average Bonchev–Trinajstić information content (AvgIpc) is 2.89. The lowest BCUT2D eigenvalue weighted by Gasteiger charge is -2.58. The van der Waals surface area contributed by atoms with Crippen LogP contribution in [0.3, 0.4) is 0 Å². The number of hydrogen-bond donors (Lipinski definition) is 2. The lowest BCUT2D eigenvalue weighted by molar-refractivity contribution is -0.170. The Kier molecular flexibility index (Phi) is 3.88. The minimum absolute atomic E-state index is 0.0518. The number of aliphatic hydroxyl groups is 1. The van der Waals surface area contributed by atoms with Crippen molar-refractivity contribution in [2.75, 3.05) is 19.6 Å². The predicted molar refractivity (Wildman–Crippen MR) is 81.0 cm³/mol. The van der Waals surface area contributed by atoms with E-state index in [0.29, 0.717) is 24.3 Å². The van der Waals surface area contributed by atoms with Crippen molar-refractivity contribution in [3.05, 3.63) is 0 Å². The molecule has 0 radical (unpaired) electrons. The van der Waals surface area contributed by atoms with Crippen LogP contribution in [0.2, 0.25) is 0 Å². The quantitative estimate of drug-likeness (QED) is 0.821. The first kappa shape index (κ1) is 16.6. The third-order valence-electron chi connectivity index (χ3n) is 6.67. The molecule has 7 heteroatoms. The van der Waals surface area contributed by atoms with E-state index in [4.69, 9.17) is 0 Å². The Balaban J connectivity index is 1.31. The highest BCUT2D eigenvalue weighted by atomic mass is 19.4. The molecule has 0 aromatic rings. The van der Waals surface area contributed by atoms with Gasteiger partial charge in [-0.15, -0.1) is 0 Å². The van der Waals surface area contributed by atoms with Crippen LogP contribution in [-0.4, -0.2) is 53.4 Å². The molecule has 1 heterocycles. The zero-order chi connectivity index (χ0) is 17.1. The van der Waals surface area contributed by atoms with E-state index in [2.05, 4.69) is 5.32 Å². The van der Waals surface area contributed by atoms with E-state index < -0.39 is 17.7 Å². The Morgan fingerprint density at radius 3 is 2.42 bits per heavy atom. The summed E-state index contributed by atoms with van der Waals surface area (Å²) in [5.74, 6) is -0.242. The number of nitrogens with zero attached hydrogens (tertiary/aromatic N) is 1. The molecule has 5 aliphatic rings. The number of carbonyl (C=O) groups is 1. The molecule has 4 aliphatic carbocycles. The van der Waals surface area contributed by atoms with Gasteiger partial charge in [0.15, 0.2) is 0 Å². The van der Waals surface area contributed by atoms with E-state index in [9.17, 15) is 23.1 Å². The molecule has 0 spiro atoms. The highest BCUT2D eigenvalue weighted by Gasteiger charge is 2.55. The summed E-state index contributed by atoms with van der Waals surface area (Å²) in [6.45, 7) is 0.309. The molecule has 24 heavy (non-hydrogen) atoms. The van der Waals surface area contributed by atoms with Crippen LogP contribution < -0.4 is 5.32 Å². The van der Waals surface area contributed by atoms with Crippen molar-refractivity contribution in [1.29, 1.82) is 0 Å². The van der Waals surface area contributed by atoms with Gasteiger partial charge in [0, 0.05) is 12.6 Å². The number of amides is 1. The van der Waals surface area contributed by atoms with Gasteiger partial charge in [0.05, 0.1) is 18.1 Å². The number of halogens is 3. The first-order valence-electron chi connectivity index (χ1n) is 9.03. The first-order chi connectivity index (χ1) is 11.2. The maximum absolute atomic E-state index is 12.7. The predicted octanol–water partition coefficient (Wildman–Crippen LogP) is 1.93. The van der Waals surface area contributed by atoms with Crippen molar-refractivity contribution < 1.29 is 23.1 Å². The van der Waals surface area contributed by atoms with Crippen LogP contribution >= 0.6 is 0 Å². The van der Waals surface area contributed by atoms with Gasteiger partial charge in [-0.3, -0.25) is 9.69 Å².